The Morgan fingerprint density at radius 1 is 1.53 bits per heavy atom. The number of alkyl halides is 1. The van der Waals surface area contributed by atoms with Crippen LogP contribution in [0.3, 0.4) is 0 Å². The van der Waals surface area contributed by atoms with Crippen LogP contribution in [0.15, 0.2) is 27.6 Å². The van der Waals surface area contributed by atoms with Gasteiger partial charge < -0.3 is 0 Å². The van der Waals surface area contributed by atoms with Crippen molar-refractivity contribution in [3.8, 4) is 0 Å². The molecule has 1 unspecified atom stereocenters. The molecule has 19 heavy (non-hydrogen) atoms. The van der Waals surface area contributed by atoms with E-state index >= 15 is 0 Å². The van der Waals surface area contributed by atoms with E-state index in [0.717, 1.165) is 17.1 Å². The number of thioether (sulfide) groups is 1. The smallest absolute Gasteiger partial charge is 0.207 e. The van der Waals surface area contributed by atoms with Crippen molar-refractivity contribution in [2.45, 2.75) is 23.7 Å². The molecular weight excluding hydrogens is 370 g/mol. The fraction of sp³-hybridized carbons (Fsp3) is 0.500. The van der Waals surface area contributed by atoms with Crippen LogP contribution in [0.5, 0.6) is 0 Å². The Kier molecular flexibility index (Phi) is 5.22. The molecule has 106 valence electrons. The molecule has 1 aromatic carbocycles. The van der Waals surface area contributed by atoms with E-state index in [1.54, 1.807) is 34.3 Å². The molecule has 0 N–H and O–H groups in total. The Morgan fingerprint density at radius 3 is 2.84 bits per heavy atom. The number of hydrogen-bond acceptors (Lipinski definition) is 3. The Morgan fingerprint density at radius 2 is 2.26 bits per heavy atom. The molecule has 0 radical (unpaired) electrons. The highest BCUT2D eigenvalue weighted by atomic mass is 79.9. The molecule has 0 aromatic heterocycles. The third-order valence-corrected chi connectivity index (χ3v) is 7.53. The predicted octanol–water partition coefficient (Wildman–Crippen LogP) is 3.31. The molecule has 0 aliphatic carbocycles. The Labute approximate surface area is 131 Å². The zero-order valence-corrected chi connectivity index (χ0v) is 14.4. The van der Waals surface area contributed by atoms with Crippen LogP contribution in [0.25, 0.3) is 0 Å². The maximum Gasteiger partial charge on any atom is 0.244 e. The predicted molar refractivity (Wildman–Crippen MR) is 84.4 cm³/mol. The molecule has 1 aliphatic heterocycles. The highest BCUT2D eigenvalue weighted by Crippen LogP contribution is 2.30. The van der Waals surface area contributed by atoms with Crippen molar-refractivity contribution in [1.29, 1.82) is 0 Å². The number of benzene rings is 1. The molecular formula is C12H15BrClNO2S2. The van der Waals surface area contributed by atoms with Gasteiger partial charge in [-0.2, -0.15) is 16.1 Å². The van der Waals surface area contributed by atoms with Crippen LogP contribution in [0.4, 0.5) is 0 Å². The van der Waals surface area contributed by atoms with Crippen molar-refractivity contribution in [3.63, 3.8) is 0 Å². The zero-order chi connectivity index (χ0) is 14.0. The molecule has 3 nitrogen and oxygen atoms in total. The minimum Gasteiger partial charge on any atom is -0.207 e. The first-order chi connectivity index (χ1) is 8.96. The summed E-state index contributed by atoms with van der Waals surface area (Å²) in [4.78, 5) is 0.320. The fourth-order valence-corrected chi connectivity index (χ4v) is 6.14. The second-order valence-electron chi connectivity index (χ2n) is 4.44. The van der Waals surface area contributed by atoms with E-state index < -0.39 is 10.0 Å². The van der Waals surface area contributed by atoms with Crippen molar-refractivity contribution in [2.75, 3.05) is 18.1 Å². The number of halogens is 2. The van der Waals surface area contributed by atoms with Crippen LogP contribution in [-0.4, -0.2) is 36.8 Å². The van der Waals surface area contributed by atoms with E-state index in [0.29, 0.717) is 21.8 Å². The Hall–Kier alpha value is 0.250. The molecule has 1 aliphatic rings. The molecule has 1 heterocycles. The molecule has 7 heteroatoms. The first-order valence-electron chi connectivity index (χ1n) is 5.91. The number of rotatable bonds is 3. The summed E-state index contributed by atoms with van der Waals surface area (Å²) in [6.07, 6.45) is 0. The fourth-order valence-electron chi connectivity index (χ4n) is 2.03. The molecule has 0 bridgehead atoms. The summed E-state index contributed by atoms with van der Waals surface area (Å²) in [6.45, 7) is 2.52. The molecule has 2 rings (SSSR count). The molecule has 1 saturated heterocycles. The number of nitrogens with zero attached hydrogens (tertiary/aromatic N) is 1. The van der Waals surface area contributed by atoms with Gasteiger partial charge in [-0.05, 0) is 40.5 Å². The Balaban J connectivity index is 2.38. The van der Waals surface area contributed by atoms with Crippen LogP contribution < -0.4 is 0 Å². The van der Waals surface area contributed by atoms with Gasteiger partial charge >= 0.3 is 0 Å². The second kappa shape index (κ2) is 6.35. The van der Waals surface area contributed by atoms with Crippen LogP contribution in [0, 0.1) is 0 Å². The lowest BCUT2D eigenvalue weighted by molar-refractivity contribution is 0.367. The maximum atomic E-state index is 12.7. The summed E-state index contributed by atoms with van der Waals surface area (Å²) in [5.41, 5.74) is 0.898. The minimum absolute atomic E-state index is 0.0309. The topological polar surface area (TPSA) is 37.4 Å². The maximum absolute atomic E-state index is 12.7. The lowest BCUT2D eigenvalue weighted by Crippen LogP contribution is -2.44. The lowest BCUT2D eigenvalue weighted by atomic mass is 10.2. The quantitative estimate of drug-likeness (QED) is 0.750. The van der Waals surface area contributed by atoms with Gasteiger partial charge in [0, 0.05) is 34.4 Å². The largest absolute Gasteiger partial charge is 0.244 e. The monoisotopic (exact) mass is 383 g/mol. The van der Waals surface area contributed by atoms with Gasteiger partial charge in [0.25, 0.3) is 0 Å². The zero-order valence-electron chi connectivity index (χ0n) is 10.5. The van der Waals surface area contributed by atoms with Gasteiger partial charge in [-0.25, -0.2) is 8.42 Å². The number of hydrogen-bond donors (Lipinski definition) is 0. The highest BCUT2D eigenvalue weighted by molar-refractivity contribution is 9.10. The van der Waals surface area contributed by atoms with Crippen LogP contribution in [0.2, 0.25) is 0 Å². The van der Waals surface area contributed by atoms with E-state index in [-0.39, 0.29) is 6.04 Å². The molecule has 1 atom stereocenters. The molecule has 0 amide bonds. The standard InChI is InChI=1S/C12H15BrClNO2S2/c1-9-8-18-5-4-15(9)19(16,17)12-3-2-10(7-14)6-11(12)13/h2-3,6,9H,4-5,7-8H2,1H3. The minimum atomic E-state index is -3.44. The number of sulfonamides is 1. The van der Waals surface area contributed by atoms with Crippen molar-refractivity contribution in [3.05, 3.63) is 28.2 Å². The van der Waals surface area contributed by atoms with Gasteiger partial charge in [0.15, 0.2) is 0 Å². The Bertz CT molecular complexity index is 565. The summed E-state index contributed by atoms with van der Waals surface area (Å²) >= 11 is 10.9. The van der Waals surface area contributed by atoms with Gasteiger partial charge in [0.2, 0.25) is 10.0 Å². The van der Waals surface area contributed by atoms with Gasteiger partial charge in [-0.1, -0.05) is 6.07 Å². The summed E-state index contributed by atoms with van der Waals surface area (Å²) in [7, 11) is -3.44. The van der Waals surface area contributed by atoms with Crippen LogP contribution in [-0.2, 0) is 15.9 Å². The van der Waals surface area contributed by atoms with Crippen molar-refractivity contribution in [1.82, 2.24) is 4.31 Å². The van der Waals surface area contributed by atoms with Crippen LogP contribution >= 0.6 is 39.3 Å². The third-order valence-electron chi connectivity index (χ3n) is 3.04. The lowest BCUT2D eigenvalue weighted by Gasteiger charge is -2.32. The first kappa shape index (κ1) is 15.6. The van der Waals surface area contributed by atoms with Gasteiger partial charge in [-0.3, -0.25) is 0 Å². The molecule has 1 fully saturated rings. The normalized spacial score (nSPS) is 21.5. The van der Waals surface area contributed by atoms with Gasteiger partial charge in [0.05, 0.1) is 4.90 Å². The first-order valence-corrected chi connectivity index (χ1v) is 9.83. The van der Waals surface area contributed by atoms with Crippen LogP contribution in [0.1, 0.15) is 12.5 Å². The van der Waals surface area contributed by atoms with Gasteiger partial charge in [0.1, 0.15) is 0 Å². The average Bonchev–Trinajstić information content (AvgIpc) is 2.38. The third kappa shape index (κ3) is 3.29. The summed E-state index contributed by atoms with van der Waals surface area (Å²) < 4.78 is 27.5. The van der Waals surface area contributed by atoms with E-state index in [9.17, 15) is 8.42 Å². The highest BCUT2D eigenvalue weighted by Gasteiger charge is 2.32. The average molecular weight is 385 g/mol. The second-order valence-corrected chi connectivity index (χ2v) is 8.57. The molecule has 0 saturated carbocycles. The van der Waals surface area contributed by atoms with E-state index in [4.69, 9.17) is 11.6 Å². The van der Waals surface area contributed by atoms with Gasteiger partial charge in [-0.15, -0.1) is 11.6 Å². The van der Waals surface area contributed by atoms with Crippen molar-refractivity contribution < 1.29 is 8.42 Å². The van der Waals surface area contributed by atoms with E-state index in [1.807, 2.05) is 6.92 Å². The molecule has 1 aromatic rings. The summed E-state index contributed by atoms with van der Waals surface area (Å²) in [5, 5.41) is 0. The summed E-state index contributed by atoms with van der Waals surface area (Å²) in [6, 6.07) is 5.19. The van der Waals surface area contributed by atoms with E-state index in [1.165, 1.54) is 0 Å². The van der Waals surface area contributed by atoms with E-state index in [2.05, 4.69) is 15.9 Å². The SMILES string of the molecule is CC1CSCCN1S(=O)(=O)c1ccc(CCl)cc1Br. The van der Waals surface area contributed by atoms with Crippen molar-refractivity contribution >= 4 is 49.3 Å². The molecule has 0 spiro atoms. The summed E-state index contributed by atoms with van der Waals surface area (Å²) in [5.74, 6) is 2.06. The van der Waals surface area contributed by atoms with Crippen molar-refractivity contribution in [2.24, 2.45) is 0 Å².